The van der Waals surface area contributed by atoms with E-state index in [0.29, 0.717) is 30.8 Å². The smallest absolute Gasteiger partial charge is 0.241 e. The van der Waals surface area contributed by atoms with Crippen LogP contribution in [0.25, 0.3) is 5.95 Å². The molecule has 0 fully saturated rings. The number of nitrogens with zero attached hydrogens (tertiary/aromatic N) is 6. The minimum atomic E-state index is -0.351. The summed E-state index contributed by atoms with van der Waals surface area (Å²) in [5.41, 5.74) is 0. The minimum absolute atomic E-state index is 0.351. The van der Waals surface area contributed by atoms with Crippen molar-refractivity contribution >= 4 is 11.9 Å². The van der Waals surface area contributed by atoms with Crippen LogP contribution < -0.4 is 10.2 Å². The van der Waals surface area contributed by atoms with Gasteiger partial charge in [-0.1, -0.05) is 0 Å². The van der Waals surface area contributed by atoms with Gasteiger partial charge in [-0.3, -0.25) is 4.57 Å². The van der Waals surface area contributed by atoms with Gasteiger partial charge in [-0.25, -0.2) is 4.98 Å². The molecule has 8 nitrogen and oxygen atoms in total. The van der Waals surface area contributed by atoms with Gasteiger partial charge in [0.1, 0.15) is 6.33 Å². The molecule has 2 aromatic heterocycles. The molecule has 2 N–H and O–H groups in total. The molecule has 0 spiro atoms. The summed E-state index contributed by atoms with van der Waals surface area (Å²) in [6.07, 6.45) is 5.40. The van der Waals surface area contributed by atoms with E-state index in [9.17, 15) is 5.11 Å². The van der Waals surface area contributed by atoms with Crippen molar-refractivity contribution in [3.05, 3.63) is 18.7 Å². The van der Waals surface area contributed by atoms with Gasteiger partial charge in [0.2, 0.25) is 17.8 Å². The third kappa shape index (κ3) is 4.12. The fourth-order valence-electron chi connectivity index (χ4n) is 1.74. The van der Waals surface area contributed by atoms with Crippen LogP contribution in [0, 0.1) is 0 Å². The van der Waals surface area contributed by atoms with E-state index in [2.05, 4.69) is 25.3 Å². The Kier molecular flexibility index (Phi) is 5.04. The first kappa shape index (κ1) is 15.2. The average molecular weight is 291 g/mol. The molecule has 0 aromatic carbocycles. The Morgan fingerprint density at radius 1 is 1.38 bits per heavy atom. The van der Waals surface area contributed by atoms with Crippen LogP contribution in [-0.2, 0) is 0 Å². The lowest BCUT2D eigenvalue weighted by molar-refractivity contribution is 0.186. The monoisotopic (exact) mass is 291 g/mol. The summed E-state index contributed by atoms with van der Waals surface area (Å²) in [5.74, 6) is 1.60. The van der Waals surface area contributed by atoms with E-state index >= 15 is 0 Å². The van der Waals surface area contributed by atoms with Gasteiger partial charge in [0.15, 0.2) is 0 Å². The maximum Gasteiger partial charge on any atom is 0.241 e. The topological polar surface area (TPSA) is 92.0 Å². The first-order valence-corrected chi connectivity index (χ1v) is 6.97. The molecule has 2 rings (SSSR count). The first-order chi connectivity index (χ1) is 10.1. The molecule has 0 aliphatic carbocycles. The molecule has 2 aromatic rings. The highest BCUT2D eigenvalue weighted by atomic mass is 16.3. The van der Waals surface area contributed by atoms with Gasteiger partial charge in [-0.15, -0.1) is 0 Å². The second kappa shape index (κ2) is 6.98. The van der Waals surface area contributed by atoms with Crippen LogP contribution in [0.4, 0.5) is 11.9 Å². The molecule has 0 amide bonds. The van der Waals surface area contributed by atoms with E-state index in [-0.39, 0.29) is 6.10 Å². The number of anilines is 2. The highest BCUT2D eigenvalue weighted by Gasteiger charge is 2.12. The molecular formula is C13H21N7O. The van der Waals surface area contributed by atoms with E-state index in [0.717, 1.165) is 6.54 Å². The van der Waals surface area contributed by atoms with Crippen LogP contribution in [0.15, 0.2) is 18.7 Å². The minimum Gasteiger partial charge on any atom is -0.393 e. The molecule has 0 saturated carbocycles. The fourth-order valence-corrected chi connectivity index (χ4v) is 1.74. The summed E-state index contributed by atoms with van der Waals surface area (Å²) in [6, 6.07) is 0. The second-order valence-electron chi connectivity index (χ2n) is 4.82. The van der Waals surface area contributed by atoms with Gasteiger partial charge < -0.3 is 15.3 Å². The summed E-state index contributed by atoms with van der Waals surface area (Å²) in [6.45, 7) is 5.14. The van der Waals surface area contributed by atoms with Gasteiger partial charge in [-0.05, 0) is 20.3 Å². The predicted octanol–water partition coefficient (Wildman–Crippen LogP) is 0.696. The number of aliphatic hydroxyl groups excluding tert-OH is 1. The van der Waals surface area contributed by atoms with E-state index in [1.807, 2.05) is 18.9 Å². The van der Waals surface area contributed by atoms with Crippen molar-refractivity contribution < 1.29 is 5.11 Å². The summed E-state index contributed by atoms with van der Waals surface area (Å²) in [4.78, 5) is 19.1. The lowest BCUT2D eigenvalue weighted by Crippen LogP contribution is -2.25. The Bertz CT molecular complexity index is 556. The van der Waals surface area contributed by atoms with E-state index in [1.165, 1.54) is 0 Å². The second-order valence-corrected chi connectivity index (χ2v) is 4.82. The van der Waals surface area contributed by atoms with Crippen molar-refractivity contribution in [2.45, 2.75) is 26.4 Å². The highest BCUT2D eigenvalue weighted by Crippen LogP contribution is 2.12. The number of rotatable bonds is 7. The van der Waals surface area contributed by atoms with Crippen molar-refractivity contribution in [3.8, 4) is 5.95 Å². The number of nitrogens with one attached hydrogen (secondary N) is 1. The summed E-state index contributed by atoms with van der Waals surface area (Å²) < 4.78 is 1.73. The van der Waals surface area contributed by atoms with Crippen molar-refractivity contribution in [1.29, 1.82) is 0 Å². The Balaban J connectivity index is 2.27. The van der Waals surface area contributed by atoms with E-state index in [1.54, 1.807) is 30.2 Å². The van der Waals surface area contributed by atoms with Crippen LogP contribution in [0.1, 0.15) is 20.3 Å². The SMILES string of the molecule is CCNc1nc(N(C)CCC(C)O)nc(-n2ccnc2)n1. The lowest BCUT2D eigenvalue weighted by atomic mass is 10.3. The molecule has 0 saturated heterocycles. The van der Waals surface area contributed by atoms with Crippen LogP contribution in [0.2, 0.25) is 0 Å². The molecule has 0 aliphatic heterocycles. The Hall–Kier alpha value is -2.22. The largest absolute Gasteiger partial charge is 0.393 e. The van der Waals surface area contributed by atoms with Crippen LogP contribution in [-0.4, -0.2) is 55.9 Å². The summed E-state index contributed by atoms with van der Waals surface area (Å²) in [7, 11) is 1.89. The first-order valence-electron chi connectivity index (χ1n) is 6.97. The van der Waals surface area contributed by atoms with E-state index < -0.39 is 0 Å². The van der Waals surface area contributed by atoms with Crippen molar-refractivity contribution in [1.82, 2.24) is 24.5 Å². The predicted molar refractivity (Wildman–Crippen MR) is 80.7 cm³/mol. The molecule has 1 unspecified atom stereocenters. The van der Waals surface area contributed by atoms with Crippen LogP contribution >= 0.6 is 0 Å². The number of aromatic nitrogens is 5. The van der Waals surface area contributed by atoms with E-state index in [4.69, 9.17) is 0 Å². The zero-order chi connectivity index (χ0) is 15.2. The molecule has 1 atom stereocenters. The third-order valence-electron chi connectivity index (χ3n) is 2.91. The lowest BCUT2D eigenvalue weighted by Gasteiger charge is -2.19. The van der Waals surface area contributed by atoms with Crippen LogP contribution in [0.5, 0.6) is 0 Å². The molecule has 0 bridgehead atoms. The Morgan fingerprint density at radius 3 is 2.81 bits per heavy atom. The fraction of sp³-hybridized carbons (Fsp3) is 0.538. The number of hydrogen-bond donors (Lipinski definition) is 2. The normalized spacial score (nSPS) is 12.2. The Morgan fingerprint density at radius 2 is 2.19 bits per heavy atom. The average Bonchev–Trinajstić information content (AvgIpc) is 2.99. The van der Waals surface area contributed by atoms with Crippen molar-refractivity contribution in [3.63, 3.8) is 0 Å². The Labute approximate surface area is 123 Å². The zero-order valence-corrected chi connectivity index (χ0v) is 12.6. The van der Waals surface area contributed by atoms with Gasteiger partial charge in [0.05, 0.1) is 6.10 Å². The number of hydrogen-bond acceptors (Lipinski definition) is 7. The van der Waals surface area contributed by atoms with Gasteiger partial charge in [0.25, 0.3) is 0 Å². The standard InChI is InChI=1S/C13H21N7O/c1-4-15-11-16-12(19(3)7-5-10(2)21)18-13(17-11)20-8-6-14-9-20/h6,8-10,21H,4-5,7H2,1-3H3,(H,15,16,17,18). The number of aliphatic hydroxyl groups is 1. The maximum atomic E-state index is 9.39. The molecule has 0 radical (unpaired) electrons. The summed E-state index contributed by atoms with van der Waals surface area (Å²) in [5, 5.41) is 12.5. The quantitative estimate of drug-likeness (QED) is 0.775. The molecule has 114 valence electrons. The maximum absolute atomic E-state index is 9.39. The van der Waals surface area contributed by atoms with Crippen LogP contribution in [0.3, 0.4) is 0 Å². The molecule has 8 heteroatoms. The third-order valence-corrected chi connectivity index (χ3v) is 2.91. The van der Waals surface area contributed by atoms with Gasteiger partial charge in [-0.2, -0.15) is 15.0 Å². The molecule has 2 heterocycles. The number of imidazole rings is 1. The van der Waals surface area contributed by atoms with Gasteiger partial charge in [0, 0.05) is 32.5 Å². The summed E-state index contributed by atoms with van der Waals surface area (Å²) >= 11 is 0. The zero-order valence-electron chi connectivity index (χ0n) is 12.6. The van der Waals surface area contributed by atoms with Gasteiger partial charge >= 0.3 is 0 Å². The van der Waals surface area contributed by atoms with Crippen molar-refractivity contribution in [2.75, 3.05) is 30.4 Å². The molecule has 0 aliphatic rings. The van der Waals surface area contributed by atoms with Crippen molar-refractivity contribution in [2.24, 2.45) is 0 Å². The highest BCUT2D eigenvalue weighted by molar-refractivity contribution is 5.39. The molecule has 21 heavy (non-hydrogen) atoms. The molecular weight excluding hydrogens is 270 g/mol.